The number of aliphatic hydroxyl groups is 1. The lowest BCUT2D eigenvalue weighted by molar-refractivity contribution is 0.151. The predicted molar refractivity (Wildman–Crippen MR) is 82.0 cm³/mol. The lowest BCUT2D eigenvalue weighted by Gasteiger charge is -2.33. The van der Waals surface area contributed by atoms with Crippen LogP contribution in [0, 0.1) is 0 Å². The number of nitrogens with zero attached hydrogens (tertiary/aromatic N) is 1. The van der Waals surface area contributed by atoms with Crippen molar-refractivity contribution in [2.45, 2.75) is 43.9 Å². The van der Waals surface area contributed by atoms with Crippen LogP contribution >= 0.6 is 11.6 Å². The lowest BCUT2D eigenvalue weighted by atomic mass is 9.98. The van der Waals surface area contributed by atoms with Gasteiger partial charge in [0, 0.05) is 30.2 Å². The Hall–Kier alpha value is -0.610. The lowest BCUT2D eigenvalue weighted by Crippen LogP contribution is -2.45. The zero-order valence-corrected chi connectivity index (χ0v) is 12.5. The fourth-order valence-corrected chi connectivity index (χ4v) is 3.68. The number of hydrogen-bond donors (Lipinski definition) is 2. The summed E-state index contributed by atoms with van der Waals surface area (Å²) in [6.45, 7) is 3.08. The number of benzene rings is 1. The highest BCUT2D eigenvalue weighted by Gasteiger charge is 2.35. The highest BCUT2D eigenvalue weighted by molar-refractivity contribution is 6.30. The van der Waals surface area contributed by atoms with Crippen LogP contribution < -0.4 is 5.32 Å². The van der Waals surface area contributed by atoms with E-state index in [9.17, 15) is 5.11 Å². The van der Waals surface area contributed by atoms with Crippen molar-refractivity contribution in [2.75, 3.05) is 19.6 Å². The number of aliphatic hydroxyl groups excluding tert-OH is 1. The summed E-state index contributed by atoms with van der Waals surface area (Å²) in [5.41, 5.74) is 0.931. The number of hydrogen-bond acceptors (Lipinski definition) is 3. The van der Waals surface area contributed by atoms with E-state index in [4.69, 9.17) is 11.6 Å². The molecule has 0 radical (unpaired) electrons. The van der Waals surface area contributed by atoms with E-state index in [0.29, 0.717) is 23.7 Å². The van der Waals surface area contributed by atoms with Gasteiger partial charge in [-0.2, -0.15) is 0 Å². The second-order valence-corrected chi connectivity index (χ2v) is 6.41. The Morgan fingerprint density at radius 2 is 2.00 bits per heavy atom. The molecule has 0 spiro atoms. The Kier molecular flexibility index (Phi) is 4.61. The van der Waals surface area contributed by atoms with E-state index >= 15 is 0 Å². The van der Waals surface area contributed by atoms with Gasteiger partial charge in [0.15, 0.2) is 0 Å². The van der Waals surface area contributed by atoms with Crippen molar-refractivity contribution in [1.82, 2.24) is 10.2 Å². The van der Waals surface area contributed by atoms with Crippen LogP contribution in [0.1, 0.15) is 37.4 Å². The molecule has 20 heavy (non-hydrogen) atoms. The molecular weight excluding hydrogens is 272 g/mol. The molecule has 2 N–H and O–H groups in total. The van der Waals surface area contributed by atoms with Crippen molar-refractivity contribution >= 4 is 11.6 Å². The van der Waals surface area contributed by atoms with Crippen molar-refractivity contribution in [3.63, 3.8) is 0 Å². The van der Waals surface area contributed by atoms with E-state index in [1.54, 1.807) is 0 Å². The van der Waals surface area contributed by atoms with Gasteiger partial charge in [-0.1, -0.05) is 30.2 Å². The molecule has 3 atom stereocenters. The molecule has 2 heterocycles. The summed E-state index contributed by atoms with van der Waals surface area (Å²) in [5, 5.41) is 14.5. The summed E-state index contributed by atoms with van der Waals surface area (Å²) in [6.07, 6.45) is 4.74. The topological polar surface area (TPSA) is 35.5 Å². The number of fused-ring (bicyclic) bond motifs is 1. The van der Waals surface area contributed by atoms with Crippen LogP contribution in [-0.2, 0) is 0 Å². The second-order valence-electron chi connectivity index (χ2n) is 5.97. The Morgan fingerprint density at radius 3 is 2.80 bits per heavy atom. The molecule has 4 heteroatoms. The average Bonchev–Trinajstić information content (AvgIpc) is 2.89. The van der Waals surface area contributed by atoms with E-state index in [-0.39, 0.29) is 0 Å². The van der Waals surface area contributed by atoms with Crippen LogP contribution in [0.15, 0.2) is 24.3 Å². The summed E-state index contributed by atoms with van der Waals surface area (Å²) in [4.78, 5) is 2.61. The Bertz CT molecular complexity index is 437. The van der Waals surface area contributed by atoms with E-state index < -0.39 is 6.10 Å². The normalized spacial score (nSPS) is 28.3. The van der Waals surface area contributed by atoms with Crippen molar-refractivity contribution in [3.05, 3.63) is 34.9 Å². The second kappa shape index (κ2) is 6.44. The van der Waals surface area contributed by atoms with Crippen LogP contribution in [0.25, 0.3) is 0 Å². The quantitative estimate of drug-likeness (QED) is 0.896. The Labute approximate surface area is 125 Å². The molecule has 0 saturated carbocycles. The number of rotatable bonds is 4. The minimum atomic E-state index is -0.454. The first-order valence-electron chi connectivity index (χ1n) is 7.65. The monoisotopic (exact) mass is 294 g/mol. The summed E-state index contributed by atoms with van der Waals surface area (Å²) in [5.74, 6) is 0. The first kappa shape index (κ1) is 14.3. The molecule has 2 aliphatic rings. The van der Waals surface area contributed by atoms with Gasteiger partial charge in [-0.25, -0.2) is 0 Å². The molecular formula is C16H23ClN2O. The van der Waals surface area contributed by atoms with Gasteiger partial charge in [0.1, 0.15) is 0 Å². The first-order valence-corrected chi connectivity index (χ1v) is 8.03. The highest BCUT2D eigenvalue weighted by atomic mass is 35.5. The molecule has 0 aliphatic carbocycles. The van der Waals surface area contributed by atoms with Gasteiger partial charge in [0.2, 0.25) is 0 Å². The zero-order chi connectivity index (χ0) is 13.9. The number of nitrogens with one attached hydrogen (secondary N) is 1. The molecule has 0 amide bonds. The number of piperidine rings is 1. The molecule has 0 bridgehead atoms. The van der Waals surface area contributed by atoms with E-state index in [0.717, 1.165) is 5.56 Å². The van der Waals surface area contributed by atoms with Crippen LogP contribution in [0.5, 0.6) is 0 Å². The molecule has 110 valence electrons. The van der Waals surface area contributed by atoms with E-state index in [1.165, 1.54) is 38.8 Å². The van der Waals surface area contributed by atoms with Crippen LogP contribution in [0.4, 0.5) is 0 Å². The molecule has 2 saturated heterocycles. The maximum atomic E-state index is 10.2. The van der Waals surface area contributed by atoms with Gasteiger partial charge in [0.25, 0.3) is 0 Å². The van der Waals surface area contributed by atoms with Gasteiger partial charge in [-0.15, -0.1) is 0 Å². The van der Waals surface area contributed by atoms with Crippen molar-refractivity contribution in [3.8, 4) is 0 Å². The van der Waals surface area contributed by atoms with Crippen LogP contribution in [0.3, 0.4) is 0 Å². The zero-order valence-electron chi connectivity index (χ0n) is 11.8. The molecule has 1 aromatic rings. The number of halogens is 1. The van der Waals surface area contributed by atoms with Crippen molar-refractivity contribution in [1.29, 1.82) is 0 Å². The fourth-order valence-electron chi connectivity index (χ4n) is 3.55. The van der Waals surface area contributed by atoms with E-state index in [1.807, 2.05) is 24.3 Å². The minimum Gasteiger partial charge on any atom is -0.387 e. The predicted octanol–water partition coefficient (Wildman–Crippen LogP) is 2.59. The van der Waals surface area contributed by atoms with Crippen LogP contribution in [0.2, 0.25) is 5.02 Å². The summed E-state index contributed by atoms with van der Waals surface area (Å²) >= 11 is 5.87. The maximum Gasteiger partial charge on any atom is 0.0914 e. The fraction of sp³-hybridized carbons (Fsp3) is 0.625. The Balaban J connectivity index is 1.52. The van der Waals surface area contributed by atoms with Gasteiger partial charge < -0.3 is 10.4 Å². The first-order chi connectivity index (χ1) is 9.74. The third-order valence-electron chi connectivity index (χ3n) is 4.68. The molecule has 2 aliphatic heterocycles. The molecule has 3 rings (SSSR count). The summed E-state index contributed by atoms with van der Waals surface area (Å²) in [7, 11) is 0. The molecule has 0 aromatic heterocycles. The Morgan fingerprint density at radius 1 is 1.20 bits per heavy atom. The third kappa shape index (κ3) is 3.17. The van der Waals surface area contributed by atoms with Gasteiger partial charge in [-0.05, 0) is 43.5 Å². The smallest absolute Gasteiger partial charge is 0.0914 e. The SMILES string of the molecule is OC(CNC1CCN2CCCCC12)c1ccc(Cl)cc1. The molecule has 1 aromatic carbocycles. The molecule has 2 fully saturated rings. The largest absolute Gasteiger partial charge is 0.387 e. The van der Waals surface area contributed by atoms with Gasteiger partial charge in [0.05, 0.1) is 6.10 Å². The van der Waals surface area contributed by atoms with Crippen molar-refractivity contribution in [2.24, 2.45) is 0 Å². The molecule has 3 unspecified atom stereocenters. The molecule has 3 nitrogen and oxygen atoms in total. The summed E-state index contributed by atoms with van der Waals surface area (Å²) in [6, 6.07) is 8.68. The minimum absolute atomic E-state index is 0.454. The van der Waals surface area contributed by atoms with E-state index in [2.05, 4.69) is 10.2 Å². The van der Waals surface area contributed by atoms with Crippen molar-refractivity contribution < 1.29 is 5.11 Å². The van der Waals surface area contributed by atoms with Gasteiger partial charge >= 0.3 is 0 Å². The summed E-state index contributed by atoms with van der Waals surface area (Å²) < 4.78 is 0. The van der Waals surface area contributed by atoms with Gasteiger partial charge in [-0.3, -0.25) is 4.90 Å². The third-order valence-corrected chi connectivity index (χ3v) is 4.94. The van der Waals surface area contributed by atoms with Crippen LogP contribution in [-0.4, -0.2) is 41.7 Å². The maximum absolute atomic E-state index is 10.2. The standard InChI is InChI=1S/C16H23ClN2O/c17-13-6-4-12(5-7-13)16(20)11-18-14-8-10-19-9-2-1-3-15(14)19/h4-7,14-16,18,20H,1-3,8-11H2. The average molecular weight is 295 g/mol. The highest BCUT2D eigenvalue weighted by Crippen LogP contribution is 2.27.